The minimum absolute atomic E-state index is 0.125. The fraction of sp³-hybridized carbons (Fsp3) is 0.357. The number of ether oxygens (including phenoxy) is 1. The van der Waals surface area contributed by atoms with Crippen molar-refractivity contribution in [2.75, 3.05) is 7.11 Å². The summed E-state index contributed by atoms with van der Waals surface area (Å²) in [5, 5.41) is 1.27. The first-order chi connectivity index (χ1) is 8.04. The Kier molecular flexibility index (Phi) is 4.69. The molecule has 0 aliphatic carbocycles. The molecule has 2 nitrogen and oxygen atoms in total. The fourth-order valence-electron chi connectivity index (χ4n) is 1.98. The second-order valence-corrected chi connectivity index (χ2v) is 9.26. The molecule has 1 aromatic carbocycles. The van der Waals surface area contributed by atoms with Crippen molar-refractivity contribution in [1.82, 2.24) is 0 Å². The average molecular weight is 248 g/mol. The van der Waals surface area contributed by atoms with E-state index in [1.165, 1.54) is 12.3 Å². The van der Waals surface area contributed by atoms with E-state index in [4.69, 9.17) is 4.74 Å². The summed E-state index contributed by atoms with van der Waals surface area (Å²) in [7, 11) is -0.423. The van der Waals surface area contributed by atoms with Crippen LogP contribution in [0.5, 0.6) is 0 Å². The van der Waals surface area contributed by atoms with Crippen LogP contribution in [0.15, 0.2) is 42.5 Å². The van der Waals surface area contributed by atoms with Gasteiger partial charge in [-0.25, -0.2) is 0 Å². The molecule has 0 N–H and O–H groups in total. The summed E-state index contributed by atoms with van der Waals surface area (Å²) in [5.74, 6) is -0.136. The van der Waals surface area contributed by atoms with Crippen LogP contribution in [0.3, 0.4) is 0 Å². The molecule has 0 amide bonds. The van der Waals surface area contributed by atoms with E-state index in [-0.39, 0.29) is 11.5 Å². The van der Waals surface area contributed by atoms with E-state index >= 15 is 0 Å². The molecular weight excluding hydrogens is 228 g/mol. The number of hydrogen-bond donors (Lipinski definition) is 0. The minimum atomic E-state index is -1.88. The highest BCUT2D eigenvalue weighted by Crippen LogP contribution is 2.24. The molecule has 0 saturated carbocycles. The third kappa shape index (κ3) is 3.06. The predicted octanol–water partition coefficient (Wildman–Crippen LogP) is 2.72. The number of rotatable bonds is 4. The van der Waals surface area contributed by atoms with E-state index < -0.39 is 8.07 Å². The summed E-state index contributed by atoms with van der Waals surface area (Å²) in [6.45, 7) is 6.33. The summed E-state index contributed by atoms with van der Waals surface area (Å²) >= 11 is 0. The quantitative estimate of drug-likeness (QED) is 0.465. The van der Waals surface area contributed by atoms with Crippen LogP contribution in [-0.4, -0.2) is 21.2 Å². The second kappa shape index (κ2) is 5.82. The lowest BCUT2D eigenvalue weighted by atomic mass is 10.3. The smallest absolute Gasteiger partial charge is 0.310 e. The van der Waals surface area contributed by atoms with Gasteiger partial charge in [-0.05, 0) is 6.92 Å². The first kappa shape index (κ1) is 13.7. The highest BCUT2D eigenvalue weighted by atomic mass is 28.3. The molecule has 0 heterocycles. The molecule has 0 spiro atoms. The molecule has 1 aromatic rings. The van der Waals surface area contributed by atoms with Crippen molar-refractivity contribution in [2.24, 2.45) is 0 Å². The summed E-state index contributed by atoms with van der Waals surface area (Å²) in [5.41, 5.74) is -0.125. The van der Waals surface area contributed by atoms with Gasteiger partial charge in [0.1, 0.15) is 8.07 Å². The summed E-state index contributed by atoms with van der Waals surface area (Å²) in [6, 6.07) is 10.2. The number of allylic oxidation sites excluding steroid dienone is 1. The van der Waals surface area contributed by atoms with Gasteiger partial charge >= 0.3 is 5.97 Å². The van der Waals surface area contributed by atoms with Crippen LogP contribution in [0.4, 0.5) is 0 Å². The molecule has 0 fully saturated rings. The zero-order valence-electron chi connectivity index (χ0n) is 10.9. The number of carbonyl (C=O) groups is 1. The number of methoxy groups -OCH3 is 1. The largest absolute Gasteiger partial charge is 0.469 e. The van der Waals surface area contributed by atoms with Crippen LogP contribution in [0, 0.1) is 0 Å². The maximum atomic E-state index is 11.9. The van der Waals surface area contributed by atoms with Gasteiger partial charge in [0.2, 0.25) is 0 Å². The van der Waals surface area contributed by atoms with Crippen molar-refractivity contribution >= 4 is 19.2 Å². The van der Waals surface area contributed by atoms with E-state index in [1.807, 2.05) is 37.3 Å². The number of carbonyl (C=O) groups excluding carboxylic acids is 1. The first-order valence-corrected chi connectivity index (χ1v) is 8.88. The van der Waals surface area contributed by atoms with Crippen molar-refractivity contribution in [1.29, 1.82) is 0 Å². The molecule has 1 unspecified atom stereocenters. The Bertz CT molecular complexity index is 396. The van der Waals surface area contributed by atoms with Gasteiger partial charge in [0, 0.05) is 0 Å². The molecule has 3 heteroatoms. The topological polar surface area (TPSA) is 26.3 Å². The van der Waals surface area contributed by atoms with Crippen molar-refractivity contribution < 1.29 is 9.53 Å². The van der Waals surface area contributed by atoms with E-state index in [9.17, 15) is 4.79 Å². The molecule has 0 saturated heterocycles. The van der Waals surface area contributed by atoms with Crippen molar-refractivity contribution in [2.45, 2.75) is 25.6 Å². The van der Waals surface area contributed by atoms with Gasteiger partial charge in [0.25, 0.3) is 0 Å². The Hall–Kier alpha value is -1.35. The summed E-state index contributed by atoms with van der Waals surface area (Å²) in [4.78, 5) is 11.9. The molecule has 0 bridgehead atoms. The SMILES string of the molecule is C/C=C/C(C(=O)OC)[Si](C)(C)c1ccccc1. The van der Waals surface area contributed by atoms with Gasteiger partial charge in [0.15, 0.2) is 0 Å². The van der Waals surface area contributed by atoms with Crippen molar-refractivity contribution in [3.8, 4) is 0 Å². The Balaban J connectivity index is 3.12. The molecule has 0 aliphatic rings. The lowest BCUT2D eigenvalue weighted by Gasteiger charge is -2.28. The van der Waals surface area contributed by atoms with Gasteiger partial charge in [-0.15, -0.1) is 0 Å². The van der Waals surface area contributed by atoms with Crippen LogP contribution >= 0.6 is 0 Å². The maximum Gasteiger partial charge on any atom is 0.310 e. The van der Waals surface area contributed by atoms with Gasteiger partial charge in [-0.2, -0.15) is 0 Å². The molecule has 1 rings (SSSR count). The molecule has 0 aromatic heterocycles. The van der Waals surface area contributed by atoms with Crippen molar-refractivity contribution in [3.05, 3.63) is 42.5 Å². The molecule has 92 valence electrons. The first-order valence-electron chi connectivity index (χ1n) is 5.80. The van der Waals surface area contributed by atoms with Gasteiger partial charge in [-0.3, -0.25) is 4.79 Å². The third-order valence-electron chi connectivity index (χ3n) is 3.14. The lowest BCUT2D eigenvalue weighted by Crippen LogP contribution is -2.48. The molecular formula is C14H20O2Si. The summed E-state index contributed by atoms with van der Waals surface area (Å²) in [6.07, 6.45) is 3.89. The van der Waals surface area contributed by atoms with Crippen molar-refractivity contribution in [3.63, 3.8) is 0 Å². The Morgan fingerprint density at radius 1 is 1.29 bits per heavy atom. The average Bonchev–Trinajstić information content (AvgIpc) is 2.36. The standard InChI is InChI=1S/C14H20O2Si/c1-5-9-13(14(15)16-2)17(3,4)12-10-7-6-8-11-12/h5-11,13H,1-4H3/b9-5+. The third-order valence-corrected chi connectivity index (χ3v) is 6.94. The fourth-order valence-corrected chi connectivity index (χ4v) is 4.77. The van der Waals surface area contributed by atoms with Crippen LogP contribution in [0.25, 0.3) is 0 Å². The van der Waals surface area contributed by atoms with Gasteiger partial charge < -0.3 is 4.74 Å². The Labute approximate surface area is 104 Å². The van der Waals surface area contributed by atoms with E-state index in [0.717, 1.165) is 0 Å². The zero-order valence-corrected chi connectivity index (χ0v) is 11.9. The number of esters is 1. The Morgan fingerprint density at radius 2 is 1.88 bits per heavy atom. The molecule has 0 radical (unpaired) electrons. The molecule has 0 aliphatic heterocycles. The zero-order chi connectivity index (χ0) is 12.9. The molecule has 1 atom stereocenters. The van der Waals surface area contributed by atoms with Crippen LogP contribution in [0.2, 0.25) is 18.6 Å². The van der Waals surface area contributed by atoms with Crippen LogP contribution < -0.4 is 5.19 Å². The summed E-state index contributed by atoms with van der Waals surface area (Å²) < 4.78 is 4.92. The van der Waals surface area contributed by atoms with E-state index in [1.54, 1.807) is 0 Å². The number of hydrogen-bond acceptors (Lipinski definition) is 2. The minimum Gasteiger partial charge on any atom is -0.469 e. The molecule has 17 heavy (non-hydrogen) atoms. The van der Waals surface area contributed by atoms with Gasteiger partial charge in [-0.1, -0.05) is 60.8 Å². The highest BCUT2D eigenvalue weighted by Gasteiger charge is 2.37. The predicted molar refractivity (Wildman–Crippen MR) is 74.1 cm³/mol. The van der Waals surface area contributed by atoms with E-state index in [2.05, 4.69) is 25.2 Å². The normalized spacial score (nSPS) is 13.6. The lowest BCUT2D eigenvalue weighted by molar-refractivity contribution is -0.139. The van der Waals surface area contributed by atoms with E-state index in [0.29, 0.717) is 0 Å². The van der Waals surface area contributed by atoms with Gasteiger partial charge in [0.05, 0.1) is 12.7 Å². The van der Waals surface area contributed by atoms with Crippen LogP contribution in [-0.2, 0) is 9.53 Å². The monoisotopic (exact) mass is 248 g/mol. The highest BCUT2D eigenvalue weighted by molar-refractivity contribution is 6.93. The Morgan fingerprint density at radius 3 is 2.35 bits per heavy atom. The number of benzene rings is 1. The van der Waals surface area contributed by atoms with Crippen LogP contribution in [0.1, 0.15) is 6.92 Å². The maximum absolute atomic E-state index is 11.9. The second-order valence-electron chi connectivity index (χ2n) is 4.61.